The third kappa shape index (κ3) is 4.18. The van der Waals surface area contributed by atoms with Gasteiger partial charge >= 0.3 is 0 Å². The van der Waals surface area contributed by atoms with Crippen LogP contribution in [0.3, 0.4) is 0 Å². The third-order valence-electron chi connectivity index (χ3n) is 3.79. The standard InChI is InChI=1S/C15H25N3O/c1-2-7-16-15-14(4-3-8-17-15)11-18-9-5-13(12-19)6-10-18/h3-4,8,13,19H,2,5-7,9-12H2,1H3,(H,16,17). The predicted octanol–water partition coefficient (Wildman–Crippen LogP) is 2.11. The number of likely N-dealkylation sites (tertiary alicyclic amines) is 1. The number of aliphatic hydroxyl groups excluding tert-OH is 1. The maximum Gasteiger partial charge on any atom is 0.130 e. The van der Waals surface area contributed by atoms with Crippen molar-refractivity contribution in [3.63, 3.8) is 0 Å². The Kier molecular flexibility index (Phi) is 5.61. The van der Waals surface area contributed by atoms with Crippen LogP contribution in [0.1, 0.15) is 31.7 Å². The Labute approximate surface area is 115 Å². The average molecular weight is 263 g/mol. The van der Waals surface area contributed by atoms with E-state index >= 15 is 0 Å². The molecule has 0 saturated carbocycles. The van der Waals surface area contributed by atoms with Crippen molar-refractivity contribution in [2.24, 2.45) is 5.92 Å². The second kappa shape index (κ2) is 7.46. The first-order valence-corrected chi connectivity index (χ1v) is 7.34. The van der Waals surface area contributed by atoms with Crippen molar-refractivity contribution in [2.45, 2.75) is 32.7 Å². The normalized spacial score (nSPS) is 17.6. The smallest absolute Gasteiger partial charge is 0.130 e. The predicted molar refractivity (Wildman–Crippen MR) is 78.1 cm³/mol. The summed E-state index contributed by atoms with van der Waals surface area (Å²) in [6.45, 7) is 6.58. The van der Waals surface area contributed by atoms with Crippen LogP contribution in [0.25, 0.3) is 0 Å². The molecule has 1 fully saturated rings. The highest BCUT2D eigenvalue weighted by atomic mass is 16.3. The van der Waals surface area contributed by atoms with Crippen LogP contribution in [0, 0.1) is 5.92 Å². The molecule has 0 bridgehead atoms. The van der Waals surface area contributed by atoms with Gasteiger partial charge in [0.05, 0.1) is 0 Å². The van der Waals surface area contributed by atoms with Gasteiger partial charge in [-0.3, -0.25) is 4.90 Å². The Morgan fingerprint density at radius 2 is 2.21 bits per heavy atom. The summed E-state index contributed by atoms with van der Waals surface area (Å²) < 4.78 is 0. The lowest BCUT2D eigenvalue weighted by Crippen LogP contribution is -2.34. The summed E-state index contributed by atoms with van der Waals surface area (Å²) in [6.07, 6.45) is 5.17. The number of aliphatic hydroxyl groups is 1. The van der Waals surface area contributed by atoms with Crippen molar-refractivity contribution in [1.29, 1.82) is 0 Å². The summed E-state index contributed by atoms with van der Waals surface area (Å²) in [4.78, 5) is 6.89. The molecule has 4 nitrogen and oxygen atoms in total. The fourth-order valence-electron chi connectivity index (χ4n) is 2.54. The number of aromatic nitrogens is 1. The second-order valence-electron chi connectivity index (χ2n) is 5.34. The second-order valence-corrected chi connectivity index (χ2v) is 5.34. The summed E-state index contributed by atoms with van der Waals surface area (Å²) in [5.74, 6) is 1.52. The lowest BCUT2D eigenvalue weighted by atomic mass is 9.97. The molecular formula is C15H25N3O. The maximum absolute atomic E-state index is 9.17. The number of pyridine rings is 1. The summed E-state index contributed by atoms with van der Waals surface area (Å²) in [5.41, 5.74) is 1.28. The number of nitrogens with zero attached hydrogens (tertiary/aromatic N) is 2. The molecule has 106 valence electrons. The monoisotopic (exact) mass is 263 g/mol. The van der Waals surface area contributed by atoms with E-state index in [0.717, 1.165) is 51.3 Å². The van der Waals surface area contributed by atoms with E-state index in [1.807, 2.05) is 12.3 Å². The molecule has 2 heterocycles. The molecular weight excluding hydrogens is 238 g/mol. The van der Waals surface area contributed by atoms with Crippen molar-refractivity contribution in [2.75, 3.05) is 31.6 Å². The molecule has 1 aromatic rings. The van der Waals surface area contributed by atoms with E-state index in [1.54, 1.807) is 0 Å². The van der Waals surface area contributed by atoms with Gasteiger partial charge in [0.25, 0.3) is 0 Å². The molecule has 1 saturated heterocycles. The zero-order valence-corrected chi connectivity index (χ0v) is 11.8. The van der Waals surface area contributed by atoms with Crippen molar-refractivity contribution >= 4 is 5.82 Å². The quantitative estimate of drug-likeness (QED) is 0.825. The Morgan fingerprint density at radius 3 is 2.89 bits per heavy atom. The van der Waals surface area contributed by atoms with Crippen LogP contribution in [0.5, 0.6) is 0 Å². The van der Waals surface area contributed by atoms with Gasteiger partial charge in [-0.25, -0.2) is 4.98 Å². The van der Waals surface area contributed by atoms with E-state index < -0.39 is 0 Å². The van der Waals surface area contributed by atoms with Crippen molar-refractivity contribution in [3.8, 4) is 0 Å². The van der Waals surface area contributed by atoms with Gasteiger partial charge in [0.15, 0.2) is 0 Å². The van der Waals surface area contributed by atoms with Gasteiger partial charge in [-0.15, -0.1) is 0 Å². The minimum absolute atomic E-state index is 0.337. The lowest BCUT2D eigenvalue weighted by molar-refractivity contribution is 0.127. The van der Waals surface area contributed by atoms with Gasteiger partial charge in [-0.2, -0.15) is 0 Å². The minimum atomic E-state index is 0.337. The Morgan fingerprint density at radius 1 is 1.42 bits per heavy atom. The van der Waals surface area contributed by atoms with Gasteiger partial charge in [0.1, 0.15) is 5.82 Å². The molecule has 0 amide bonds. The Hall–Kier alpha value is -1.13. The fraction of sp³-hybridized carbons (Fsp3) is 0.667. The summed E-state index contributed by atoms with van der Waals surface area (Å²) >= 11 is 0. The van der Waals surface area contributed by atoms with E-state index in [1.165, 1.54) is 5.56 Å². The summed E-state index contributed by atoms with van der Waals surface area (Å²) in [7, 11) is 0. The molecule has 1 aromatic heterocycles. The van der Waals surface area contributed by atoms with Gasteiger partial charge in [0.2, 0.25) is 0 Å². The van der Waals surface area contributed by atoms with Crippen LogP contribution < -0.4 is 5.32 Å². The fourth-order valence-corrected chi connectivity index (χ4v) is 2.54. The molecule has 0 aliphatic carbocycles. The van der Waals surface area contributed by atoms with Crippen molar-refractivity contribution < 1.29 is 5.11 Å². The molecule has 19 heavy (non-hydrogen) atoms. The molecule has 0 spiro atoms. The number of nitrogens with one attached hydrogen (secondary N) is 1. The highest BCUT2D eigenvalue weighted by molar-refractivity contribution is 5.43. The summed E-state index contributed by atoms with van der Waals surface area (Å²) in [6, 6.07) is 4.16. The Bertz CT molecular complexity index is 375. The van der Waals surface area contributed by atoms with E-state index in [-0.39, 0.29) is 0 Å². The largest absolute Gasteiger partial charge is 0.396 e. The van der Waals surface area contributed by atoms with E-state index in [4.69, 9.17) is 5.11 Å². The molecule has 2 rings (SSSR count). The first-order valence-electron chi connectivity index (χ1n) is 7.34. The lowest BCUT2D eigenvalue weighted by Gasteiger charge is -2.31. The molecule has 2 N–H and O–H groups in total. The molecule has 1 aliphatic rings. The zero-order valence-electron chi connectivity index (χ0n) is 11.8. The van der Waals surface area contributed by atoms with Gasteiger partial charge < -0.3 is 10.4 Å². The first kappa shape index (κ1) is 14.3. The summed E-state index contributed by atoms with van der Waals surface area (Å²) in [5, 5.41) is 12.6. The van der Waals surface area contributed by atoms with Gasteiger partial charge in [0, 0.05) is 31.5 Å². The SMILES string of the molecule is CCCNc1ncccc1CN1CCC(CO)CC1. The van der Waals surface area contributed by atoms with Crippen LogP contribution in [0.4, 0.5) is 5.82 Å². The van der Waals surface area contributed by atoms with Gasteiger partial charge in [-0.1, -0.05) is 13.0 Å². The van der Waals surface area contributed by atoms with Gasteiger partial charge in [-0.05, 0) is 44.3 Å². The van der Waals surface area contributed by atoms with Crippen LogP contribution in [-0.2, 0) is 6.54 Å². The number of piperidine rings is 1. The van der Waals surface area contributed by atoms with Crippen LogP contribution in [-0.4, -0.2) is 41.2 Å². The highest BCUT2D eigenvalue weighted by Gasteiger charge is 2.19. The van der Waals surface area contributed by atoms with Crippen LogP contribution in [0.15, 0.2) is 18.3 Å². The number of rotatable bonds is 6. The number of hydrogen-bond acceptors (Lipinski definition) is 4. The van der Waals surface area contributed by atoms with Crippen molar-refractivity contribution in [3.05, 3.63) is 23.9 Å². The van der Waals surface area contributed by atoms with Crippen LogP contribution in [0.2, 0.25) is 0 Å². The highest BCUT2D eigenvalue weighted by Crippen LogP contribution is 2.20. The van der Waals surface area contributed by atoms with E-state index in [2.05, 4.69) is 28.2 Å². The molecule has 4 heteroatoms. The molecule has 0 radical (unpaired) electrons. The average Bonchev–Trinajstić information content (AvgIpc) is 2.47. The zero-order chi connectivity index (χ0) is 13.5. The van der Waals surface area contributed by atoms with E-state index in [0.29, 0.717) is 12.5 Å². The maximum atomic E-state index is 9.17. The molecule has 0 aromatic carbocycles. The topological polar surface area (TPSA) is 48.4 Å². The number of hydrogen-bond donors (Lipinski definition) is 2. The van der Waals surface area contributed by atoms with E-state index in [9.17, 15) is 0 Å². The molecule has 0 atom stereocenters. The first-order chi connectivity index (χ1) is 9.33. The Balaban J connectivity index is 1.91. The third-order valence-corrected chi connectivity index (χ3v) is 3.79. The van der Waals surface area contributed by atoms with Crippen LogP contribution >= 0.6 is 0 Å². The molecule has 0 unspecified atom stereocenters. The molecule has 1 aliphatic heterocycles. The number of anilines is 1. The minimum Gasteiger partial charge on any atom is -0.396 e. The van der Waals surface area contributed by atoms with Crippen molar-refractivity contribution in [1.82, 2.24) is 9.88 Å².